The van der Waals surface area contributed by atoms with Crippen LogP contribution in [0.4, 0.5) is 4.39 Å². The van der Waals surface area contributed by atoms with Crippen LogP contribution in [0.5, 0.6) is 0 Å². The van der Waals surface area contributed by atoms with Gasteiger partial charge in [-0.3, -0.25) is 0 Å². The number of hydrogen-bond acceptors (Lipinski definition) is 0. The molecule has 0 nitrogen and oxygen atoms in total. The molecule has 0 spiro atoms. The zero-order valence-corrected chi connectivity index (χ0v) is 11.5. The summed E-state index contributed by atoms with van der Waals surface area (Å²) in [5.74, 6) is -0.215. The maximum absolute atomic E-state index is 13.9. The fourth-order valence-corrected chi connectivity index (χ4v) is 2.56. The third-order valence-electron chi connectivity index (χ3n) is 2.35. The number of halogens is 3. The molecule has 0 saturated heterocycles. The summed E-state index contributed by atoms with van der Waals surface area (Å²) < 4.78 is 14.4. The van der Waals surface area contributed by atoms with Crippen LogP contribution in [-0.4, -0.2) is 0 Å². The second-order valence-corrected chi connectivity index (χ2v) is 5.19. The van der Waals surface area contributed by atoms with Gasteiger partial charge in [-0.25, -0.2) is 4.39 Å². The summed E-state index contributed by atoms with van der Waals surface area (Å²) >= 11 is 6.71. The van der Waals surface area contributed by atoms with Crippen LogP contribution in [-0.2, 0) is 0 Å². The van der Waals surface area contributed by atoms with Gasteiger partial charge < -0.3 is 0 Å². The summed E-state index contributed by atoms with van der Waals surface area (Å²) in [6.45, 7) is 0. The highest BCUT2D eigenvalue weighted by Gasteiger charge is 2.15. The molecule has 0 saturated carbocycles. The highest BCUT2D eigenvalue weighted by molar-refractivity contribution is 9.10. The summed E-state index contributed by atoms with van der Waals surface area (Å²) in [6, 6.07) is 15.1. The minimum absolute atomic E-state index is 0.119. The van der Waals surface area contributed by atoms with Crippen molar-refractivity contribution in [2.45, 2.75) is 4.83 Å². The molecule has 16 heavy (non-hydrogen) atoms. The molecule has 1 atom stereocenters. The quantitative estimate of drug-likeness (QED) is 0.667. The van der Waals surface area contributed by atoms with Gasteiger partial charge in [-0.15, -0.1) is 0 Å². The number of benzene rings is 2. The molecule has 0 radical (unpaired) electrons. The Labute approximate surface area is 111 Å². The Morgan fingerprint density at radius 1 is 0.938 bits per heavy atom. The molecule has 82 valence electrons. The first-order valence-corrected chi connectivity index (χ1v) is 6.54. The van der Waals surface area contributed by atoms with Gasteiger partial charge in [0.2, 0.25) is 0 Å². The fraction of sp³-hybridized carbons (Fsp3) is 0.0769. The van der Waals surface area contributed by atoms with Gasteiger partial charge in [0.25, 0.3) is 0 Å². The molecule has 0 heterocycles. The molecular formula is C13H9Br2F. The molecule has 2 aromatic carbocycles. The average molecular weight is 344 g/mol. The van der Waals surface area contributed by atoms with Crippen molar-refractivity contribution < 1.29 is 4.39 Å². The number of hydrogen-bond donors (Lipinski definition) is 0. The zero-order valence-electron chi connectivity index (χ0n) is 8.33. The predicted molar refractivity (Wildman–Crippen MR) is 71.3 cm³/mol. The van der Waals surface area contributed by atoms with Gasteiger partial charge in [0.1, 0.15) is 5.82 Å². The summed E-state index contributed by atoms with van der Waals surface area (Å²) in [4.78, 5) is -0.119. The van der Waals surface area contributed by atoms with Crippen LogP contribution < -0.4 is 0 Å². The molecule has 1 unspecified atom stereocenters. The Morgan fingerprint density at radius 2 is 1.62 bits per heavy atom. The summed E-state index contributed by atoms with van der Waals surface area (Å²) in [5.41, 5.74) is 1.68. The van der Waals surface area contributed by atoms with Crippen molar-refractivity contribution in [1.82, 2.24) is 0 Å². The summed E-state index contributed by atoms with van der Waals surface area (Å²) in [7, 11) is 0. The van der Waals surface area contributed by atoms with Crippen LogP contribution in [0, 0.1) is 5.82 Å². The Hall–Kier alpha value is -0.670. The lowest BCUT2D eigenvalue weighted by Gasteiger charge is -2.12. The fourth-order valence-electron chi connectivity index (χ4n) is 1.52. The van der Waals surface area contributed by atoms with Gasteiger partial charge in [-0.2, -0.15) is 0 Å². The number of rotatable bonds is 2. The maximum Gasteiger partial charge on any atom is 0.142 e. The monoisotopic (exact) mass is 342 g/mol. The van der Waals surface area contributed by atoms with Crippen LogP contribution in [0.3, 0.4) is 0 Å². The average Bonchev–Trinajstić information content (AvgIpc) is 2.33. The smallest absolute Gasteiger partial charge is 0.142 e. The van der Waals surface area contributed by atoms with E-state index in [1.165, 1.54) is 0 Å². The van der Waals surface area contributed by atoms with Gasteiger partial charge in [-0.1, -0.05) is 58.4 Å². The lowest BCUT2D eigenvalue weighted by molar-refractivity contribution is 0.607. The SMILES string of the molecule is Fc1c(Br)cccc1C(Br)c1ccccc1. The normalized spacial score (nSPS) is 12.4. The molecule has 2 aromatic rings. The van der Waals surface area contributed by atoms with E-state index in [0.717, 1.165) is 5.56 Å². The van der Waals surface area contributed by atoms with Gasteiger partial charge in [-0.05, 0) is 27.6 Å². The van der Waals surface area contributed by atoms with Gasteiger partial charge >= 0.3 is 0 Å². The molecule has 0 N–H and O–H groups in total. The lowest BCUT2D eigenvalue weighted by Crippen LogP contribution is -1.96. The first kappa shape index (κ1) is 11.8. The van der Waals surface area contributed by atoms with Crippen LogP contribution in [0.1, 0.15) is 16.0 Å². The Kier molecular flexibility index (Phi) is 3.77. The molecule has 0 aliphatic rings. The van der Waals surface area contributed by atoms with Gasteiger partial charge in [0, 0.05) is 5.56 Å². The van der Waals surface area contributed by atoms with Crippen molar-refractivity contribution in [2.24, 2.45) is 0 Å². The van der Waals surface area contributed by atoms with Crippen LogP contribution >= 0.6 is 31.9 Å². The van der Waals surface area contributed by atoms with Crippen LogP contribution in [0.2, 0.25) is 0 Å². The second kappa shape index (κ2) is 5.11. The van der Waals surface area contributed by atoms with Crippen molar-refractivity contribution in [1.29, 1.82) is 0 Å². The third-order valence-corrected chi connectivity index (χ3v) is 3.98. The minimum atomic E-state index is -0.215. The topological polar surface area (TPSA) is 0 Å². The molecule has 0 fully saturated rings. The molecule has 2 rings (SSSR count). The first-order chi connectivity index (χ1) is 7.70. The summed E-state index contributed by atoms with van der Waals surface area (Å²) in [6.07, 6.45) is 0. The Bertz CT molecular complexity index is 483. The van der Waals surface area contributed by atoms with E-state index in [-0.39, 0.29) is 10.6 Å². The largest absolute Gasteiger partial charge is 0.205 e. The van der Waals surface area contributed by atoms with E-state index in [4.69, 9.17) is 0 Å². The standard InChI is InChI=1S/C13H9Br2F/c14-11-8-4-7-10(13(11)16)12(15)9-5-2-1-3-6-9/h1-8,12H. The summed E-state index contributed by atoms with van der Waals surface area (Å²) in [5, 5.41) is 0. The number of alkyl halides is 1. The van der Waals surface area contributed by atoms with Crippen LogP contribution in [0.25, 0.3) is 0 Å². The van der Waals surface area contributed by atoms with E-state index >= 15 is 0 Å². The highest BCUT2D eigenvalue weighted by atomic mass is 79.9. The first-order valence-electron chi connectivity index (χ1n) is 4.83. The van der Waals surface area contributed by atoms with E-state index in [1.54, 1.807) is 12.1 Å². The molecule has 0 amide bonds. The van der Waals surface area contributed by atoms with Crippen molar-refractivity contribution in [3.05, 3.63) is 69.9 Å². The third kappa shape index (κ3) is 2.36. The van der Waals surface area contributed by atoms with E-state index in [2.05, 4.69) is 31.9 Å². The van der Waals surface area contributed by atoms with Crippen LogP contribution in [0.15, 0.2) is 53.0 Å². The predicted octanol–water partition coefficient (Wildman–Crippen LogP) is 5.07. The van der Waals surface area contributed by atoms with E-state index in [9.17, 15) is 4.39 Å². The van der Waals surface area contributed by atoms with E-state index in [1.807, 2.05) is 36.4 Å². The Balaban J connectivity index is 2.42. The molecular weight excluding hydrogens is 335 g/mol. The minimum Gasteiger partial charge on any atom is -0.205 e. The van der Waals surface area contributed by atoms with E-state index < -0.39 is 0 Å². The lowest BCUT2D eigenvalue weighted by atomic mass is 10.0. The van der Waals surface area contributed by atoms with Crippen molar-refractivity contribution in [2.75, 3.05) is 0 Å². The van der Waals surface area contributed by atoms with Crippen molar-refractivity contribution in [3.63, 3.8) is 0 Å². The van der Waals surface area contributed by atoms with Crippen molar-refractivity contribution in [3.8, 4) is 0 Å². The zero-order chi connectivity index (χ0) is 11.5. The highest BCUT2D eigenvalue weighted by Crippen LogP contribution is 2.34. The maximum atomic E-state index is 13.9. The van der Waals surface area contributed by atoms with Gasteiger partial charge in [0.05, 0.1) is 9.30 Å². The molecule has 3 heteroatoms. The molecule has 0 aliphatic heterocycles. The molecule has 0 aliphatic carbocycles. The molecule has 0 aromatic heterocycles. The second-order valence-electron chi connectivity index (χ2n) is 3.42. The Morgan fingerprint density at radius 3 is 2.31 bits per heavy atom. The molecule has 0 bridgehead atoms. The van der Waals surface area contributed by atoms with Gasteiger partial charge in [0.15, 0.2) is 0 Å². The van der Waals surface area contributed by atoms with E-state index in [0.29, 0.717) is 10.0 Å². The van der Waals surface area contributed by atoms with Crippen molar-refractivity contribution >= 4 is 31.9 Å².